The minimum Gasteiger partial charge on any atom is -0.497 e. The largest absolute Gasteiger partial charge is 0.497 e. The summed E-state index contributed by atoms with van der Waals surface area (Å²) >= 11 is 11.5. The Balaban J connectivity index is 2.23. The van der Waals surface area contributed by atoms with Crippen LogP contribution in [0.4, 0.5) is 5.69 Å². The van der Waals surface area contributed by atoms with Crippen molar-refractivity contribution in [3.63, 3.8) is 0 Å². The summed E-state index contributed by atoms with van der Waals surface area (Å²) in [6, 6.07) is 7.18. The number of halogens is 3. The molecule has 0 radical (unpaired) electrons. The first-order chi connectivity index (χ1) is 8.99. The van der Waals surface area contributed by atoms with Gasteiger partial charge in [-0.3, -0.25) is 4.79 Å². The van der Waals surface area contributed by atoms with Crippen LogP contribution in [0, 0.1) is 0 Å². The van der Waals surface area contributed by atoms with E-state index in [1.54, 1.807) is 19.2 Å². The molecule has 1 amide bonds. The van der Waals surface area contributed by atoms with Gasteiger partial charge < -0.3 is 10.1 Å². The molecule has 0 aliphatic heterocycles. The van der Waals surface area contributed by atoms with Crippen LogP contribution in [0.1, 0.15) is 10.4 Å². The SMILES string of the molecule is COc1cc(Br)cc(NC(=O)c2cc(Br)sc2Br)c1. The summed E-state index contributed by atoms with van der Waals surface area (Å²) in [5, 5.41) is 2.83. The van der Waals surface area contributed by atoms with Crippen LogP contribution in [-0.2, 0) is 0 Å². The second-order valence-corrected chi connectivity index (χ2v) is 8.24. The molecule has 0 saturated heterocycles. The molecule has 0 bridgehead atoms. The third-order valence-electron chi connectivity index (χ3n) is 2.27. The summed E-state index contributed by atoms with van der Waals surface area (Å²) < 4.78 is 7.69. The smallest absolute Gasteiger partial charge is 0.257 e. The number of ether oxygens (including phenoxy) is 1. The van der Waals surface area contributed by atoms with E-state index in [4.69, 9.17) is 4.74 Å². The lowest BCUT2D eigenvalue weighted by molar-refractivity contribution is 0.102. The van der Waals surface area contributed by atoms with Gasteiger partial charge in [0.15, 0.2) is 0 Å². The highest BCUT2D eigenvalue weighted by atomic mass is 79.9. The first kappa shape index (κ1) is 15.0. The molecule has 0 fully saturated rings. The van der Waals surface area contributed by atoms with E-state index in [1.807, 2.05) is 12.1 Å². The van der Waals surface area contributed by atoms with Gasteiger partial charge >= 0.3 is 0 Å². The van der Waals surface area contributed by atoms with Gasteiger partial charge in [0.05, 0.1) is 20.2 Å². The Morgan fingerprint density at radius 2 is 1.95 bits per heavy atom. The molecule has 0 unspecified atom stereocenters. The Bertz CT molecular complexity index is 627. The molecule has 0 aliphatic carbocycles. The fourth-order valence-corrected chi connectivity index (χ4v) is 4.71. The number of rotatable bonds is 3. The zero-order chi connectivity index (χ0) is 14.0. The monoisotopic (exact) mass is 467 g/mol. The van der Waals surface area contributed by atoms with Crippen LogP contribution in [-0.4, -0.2) is 13.0 Å². The Morgan fingerprint density at radius 3 is 2.53 bits per heavy atom. The molecule has 0 aliphatic rings. The van der Waals surface area contributed by atoms with Gasteiger partial charge in [0.2, 0.25) is 0 Å². The van der Waals surface area contributed by atoms with E-state index >= 15 is 0 Å². The quantitative estimate of drug-likeness (QED) is 0.662. The standard InChI is InChI=1S/C12H8Br3NO2S/c1-18-8-3-6(13)2-7(4-8)16-12(17)9-5-10(14)19-11(9)15/h2-5H,1H3,(H,16,17). The van der Waals surface area contributed by atoms with Crippen molar-refractivity contribution in [2.24, 2.45) is 0 Å². The summed E-state index contributed by atoms with van der Waals surface area (Å²) in [6.45, 7) is 0. The van der Waals surface area contributed by atoms with Gasteiger partial charge in [0.25, 0.3) is 5.91 Å². The zero-order valence-electron chi connectivity index (χ0n) is 9.67. The van der Waals surface area contributed by atoms with E-state index in [0.717, 1.165) is 12.0 Å². The van der Waals surface area contributed by atoms with Gasteiger partial charge in [0.1, 0.15) is 5.75 Å². The first-order valence-electron chi connectivity index (χ1n) is 5.10. The third kappa shape index (κ3) is 3.81. The molecule has 0 atom stereocenters. The molecule has 3 nitrogen and oxygen atoms in total. The number of anilines is 1. The minimum atomic E-state index is -0.172. The second-order valence-electron chi connectivity index (χ2n) is 3.57. The molecular weight excluding hydrogens is 462 g/mol. The molecule has 0 spiro atoms. The average Bonchev–Trinajstić information content (AvgIpc) is 2.67. The zero-order valence-corrected chi connectivity index (χ0v) is 15.2. The lowest BCUT2D eigenvalue weighted by atomic mass is 10.2. The van der Waals surface area contributed by atoms with Crippen LogP contribution in [0.3, 0.4) is 0 Å². The summed E-state index contributed by atoms with van der Waals surface area (Å²) in [5.74, 6) is 0.504. The predicted octanol–water partition coefficient (Wildman–Crippen LogP) is 5.30. The topological polar surface area (TPSA) is 38.3 Å². The molecule has 19 heavy (non-hydrogen) atoms. The molecule has 1 heterocycles. The van der Waals surface area contributed by atoms with Crippen LogP contribution in [0.25, 0.3) is 0 Å². The fraction of sp³-hybridized carbons (Fsp3) is 0.0833. The number of methoxy groups -OCH3 is 1. The van der Waals surface area contributed by atoms with Crippen molar-refractivity contribution in [2.45, 2.75) is 0 Å². The number of nitrogens with one attached hydrogen (secondary N) is 1. The predicted molar refractivity (Wildman–Crippen MR) is 88.4 cm³/mol. The van der Waals surface area contributed by atoms with Crippen LogP contribution < -0.4 is 10.1 Å². The van der Waals surface area contributed by atoms with Crippen LogP contribution in [0.15, 0.2) is 36.3 Å². The summed E-state index contributed by atoms with van der Waals surface area (Å²) in [6.07, 6.45) is 0. The highest BCUT2D eigenvalue weighted by Crippen LogP contribution is 2.32. The number of benzene rings is 1. The van der Waals surface area contributed by atoms with Crippen molar-refractivity contribution in [3.05, 3.63) is 41.9 Å². The van der Waals surface area contributed by atoms with Gasteiger partial charge in [-0.2, -0.15) is 0 Å². The number of hydrogen-bond donors (Lipinski definition) is 1. The van der Waals surface area contributed by atoms with Crippen molar-refractivity contribution in [1.29, 1.82) is 0 Å². The second kappa shape index (κ2) is 6.39. The van der Waals surface area contributed by atoms with E-state index in [0.29, 0.717) is 17.0 Å². The van der Waals surface area contributed by atoms with Crippen LogP contribution >= 0.6 is 59.1 Å². The summed E-state index contributed by atoms with van der Waals surface area (Å²) in [4.78, 5) is 12.1. The Morgan fingerprint density at radius 1 is 1.21 bits per heavy atom. The Labute approximate surface area is 139 Å². The molecule has 1 aromatic carbocycles. The molecule has 0 saturated carbocycles. The van der Waals surface area contributed by atoms with Gasteiger partial charge in [-0.1, -0.05) is 15.9 Å². The number of carbonyl (C=O) groups excluding carboxylic acids is 1. The van der Waals surface area contributed by atoms with Crippen molar-refractivity contribution in [3.8, 4) is 5.75 Å². The minimum absolute atomic E-state index is 0.172. The van der Waals surface area contributed by atoms with Crippen molar-refractivity contribution < 1.29 is 9.53 Å². The Hall–Kier alpha value is -0.370. The van der Waals surface area contributed by atoms with Crippen molar-refractivity contribution in [1.82, 2.24) is 0 Å². The van der Waals surface area contributed by atoms with Crippen molar-refractivity contribution >= 4 is 70.7 Å². The van der Waals surface area contributed by atoms with Crippen LogP contribution in [0.2, 0.25) is 0 Å². The highest BCUT2D eigenvalue weighted by molar-refractivity contribution is 9.12. The maximum absolute atomic E-state index is 12.1. The molecule has 7 heteroatoms. The average molecular weight is 470 g/mol. The maximum Gasteiger partial charge on any atom is 0.257 e. The van der Waals surface area contributed by atoms with E-state index in [9.17, 15) is 4.79 Å². The van der Waals surface area contributed by atoms with Crippen molar-refractivity contribution in [2.75, 3.05) is 12.4 Å². The first-order valence-corrected chi connectivity index (χ1v) is 8.30. The van der Waals surface area contributed by atoms with Crippen LogP contribution in [0.5, 0.6) is 5.75 Å². The molecule has 100 valence electrons. The Kier molecular flexibility index (Phi) is 5.05. The number of amides is 1. The molecule has 2 rings (SSSR count). The van der Waals surface area contributed by atoms with E-state index < -0.39 is 0 Å². The summed E-state index contributed by atoms with van der Waals surface area (Å²) in [5.41, 5.74) is 1.27. The van der Waals surface area contributed by atoms with Gasteiger partial charge in [-0.15, -0.1) is 11.3 Å². The maximum atomic E-state index is 12.1. The third-order valence-corrected chi connectivity index (χ3v) is 5.06. The molecule has 1 aromatic heterocycles. The number of carbonyl (C=O) groups is 1. The van der Waals surface area contributed by atoms with Gasteiger partial charge in [-0.25, -0.2) is 0 Å². The number of hydrogen-bond acceptors (Lipinski definition) is 3. The van der Waals surface area contributed by atoms with E-state index in [-0.39, 0.29) is 5.91 Å². The van der Waals surface area contributed by atoms with E-state index in [1.165, 1.54) is 11.3 Å². The number of thiophene rings is 1. The normalized spacial score (nSPS) is 10.3. The lowest BCUT2D eigenvalue weighted by Crippen LogP contribution is -2.11. The lowest BCUT2D eigenvalue weighted by Gasteiger charge is -2.07. The molecule has 1 N–H and O–H groups in total. The fourth-order valence-electron chi connectivity index (χ4n) is 1.45. The molecular formula is C12H8Br3NO2S. The highest BCUT2D eigenvalue weighted by Gasteiger charge is 2.14. The van der Waals surface area contributed by atoms with E-state index in [2.05, 4.69) is 53.1 Å². The van der Waals surface area contributed by atoms with Gasteiger partial charge in [-0.05, 0) is 50.1 Å². The molecule has 2 aromatic rings. The summed E-state index contributed by atoms with van der Waals surface area (Å²) in [7, 11) is 1.58. The van der Waals surface area contributed by atoms with Gasteiger partial charge in [0, 0.05) is 16.2 Å².